The number of aryl methyl sites for hydroxylation is 1. The molecule has 0 fully saturated rings. The van der Waals surface area contributed by atoms with Gasteiger partial charge in [0.2, 0.25) is 0 Å². The minimum Gasteiger partial charge on any atom is -0.480 e. The van der Waals surface area contributed by atoms with E-state index < -0.39 is 27.9 Å². The number of carbonyl (C=O) groups is 2. The second kappa shape index (κ2) is 8.92. The highest BCUT2D eigenvalue weighted by Gasteiger charge is 2.40. The van der Waals surface area contributed by atoms with Crippen molar-refractivity contribution >= 4 is 21.9 Å². The summed E-state index contributed by atoms with van der Waals surface area (Å²) < 4.78 is 27.4. The van der Waals surface area contributed by atoms with E-state index in [0.717, 1.165) is 5.56 Å². The zero-order valence-electron chi connectivity index (χ0n) is 16.3. The summed E-state index contributed by atoms with van der Waals surface area (Å²) in [5, 5.41) is 9.90. The first-order chi connectivity index (χ1) is 14.3. The first-order valence-corrected chi connectivity index (χ1v) is 10.7. The van der Waals surface area contributed by atoms with E-state index in [9.17, 15) is 23.1 Å². The maximum atomic E-state index is 13.4. The van der Waals surface area contributed by atoms with Gasteiger partial charge in [-0.3, -0.25) is 4.79 Å². The fourth-order valence-corrected chi connectivity index (χ4v) is 4.59. The van der Waals surface area contributed by atoms with Crippen molar-refractivity contribution in [2.24, 2.45) is 0 Å². The van der Waals surface area contributed by atoms with Gasteiger partial charge in [-0.15, -0.1) is 0 Å². The lowest BCUT2D eigenvalue weighted by Crippen LogP contribution is -2.49. The summed E-state index contributed by atoms with van der Waals surface area (Å²) in [6.07, 6.45) is -0.153. The van der Waals surface area contributed by atoms with Gasteiger partial charge in [0.15, 0.2) is 0 Å². The van der Waals surface area contributed by atoms with Crippen LogP contribution in [0.4, 0.5) is 0 Å². The van der Waals surface area contributed by atoms with E-state index in [-0.39, 0.29) is 16.9 Å². The topological polar surface area (TPSA) is 91.8 Å². The largest absolute Gasteiger partial charge is 0.480 e. The summed E-state index contributed by atoms with van der Waals surface area (Å²) in [6.45, 7) is 1.80. The molecule has 0 aliphatic carbocycles. The van der Waals surface area contributed by atoms with Crippen LogP contribution < -0.4 is 0 Å². The molecule has 0 unspecified atom stereocenters. The Bertz CT molecular complexity index is 1130. The van der Waals surface area contributed by atoms with E-state index in [1.807, 2.05) is 0 Å². The third kappa shape index (κ3) is 4.58. The lowest BCUT2D eigenvalue weighted by atomic mass is 10.1. The Hall–Kier alpha value is -3.45. The molecule has 0 saturated heterocycles. The molecule has 0 saturated carbocycles. The smallest absolute Gasteiger partial charge is 0.328 e. The van der Waals surface area contributed by atoms with Crippen molar-refractivity contribution in [2.45, 2.75) is 24.3 Å². The minimum absolute atomic E-state index is 0.0903. The van der Waals surface area contributed by atoms with E-state index in [4.69, 9.17) is 0 Å². The van der Waals surface area contributed by atoms with E-state index >= 15 is 0 Å². The number of carboxylic acid groups (broad SMARTS) is 1. The van der Waals surface area contributed by atoms with E-state index in [2.05, 4.69) is 0 Å². The van der Waals surface area contributed by atoms with Crippen LogP contribution in [0.2, 0.25) is 0 Å². The van der Waals surface area contributed by atoms with Crippen molar-refractivity contribution in [1.29, 1.82) is 0 Å². The zero-order valence-corrected chi connectivity index (χ0v) is 17.1. The van der Waals surface area contributed by atoms with Crippen LogP contribution in [0, 0.1) is 6.92 Å². The van der Waals surface area contributed by atoms with Gasteiger partial charge >= 0.3 is 5.97 Å². The van der Waals surface area contributed by atoms with Crippen molar-refractivity contribution in [3.8, 4) is 0 Å². The summed E-state index contributed by atoms with van der Waals surface area (Å²) in [4.78, 5) is 25.3. The average Bonchev–Trinajstić information content (AvgIpc) is 2.74. The molecule has 0 heterocycles. The molecule has 1 amide bonds. The van der Waals surface area contributed by atoms with E-state index in [1.165, 1.54) is 24.3 Å². The van der Waals surface area contributed by atoms with Gasteiger partial charge in [-0.05, 0) is 36.8 Å². The number of hydrogen-bond acceptors (Lipinski definition) is 4. The van der Waals surface area contributed by atoms with Gasteiger partial charge in [0, 0.05) is 12.0 Å². The SMILES string of the molecule is Cc1ccc(S(=O)(=O)N(C(=O)c2ccccc2)[C@@H](Cc2ccccc2)C(=O)O)cc1. The molecule has 1 N–H and O–H groups in total. The number of hydrogen-bond donors (Lipinski definition) is 1. The lowest BCUT2D eigenvalue weighted by Gasteiger charge is -2.28. The second-order valence-corrected chi connectivity index (χ2v) is 8.64. The third-order valence-electron chi connectivity index (χ3n) is 4.64. The summed E-state index contributed by atoms with van der Waals surface area (Å²) in [6, 6.07) is 20.8. The molecule has 0 spiro atoms. The molecule has 0 aromatic heterocycles. The quantitative estimate of drug-likeness (QED) is 0.628. The minimum atomic E-state index is -4.43. The Morgan fingerprint density at radius 2 is 1.40 bits per heavy atom. The maximum Gasteiger partial charge on any atom is 0.328 e. The molecular weight excluding hydrogens is 402 g/mol. The van der Waals surface area contributed by atoms with Crippen LogP contribution in [0.15, 0.2) is 89.8 Å². The van der Waals surface area contributed by atoms with Crippen LogP contribution in [0.3, 0.4) is 0 Å². The predicted molar refractivity (Wildman–Crippen MR) is 113 cm³/mol. The van der Waals surface area contributed by atoms with Crippen molar-refractivity contribution in [1.82, 2.24) is 4.31 Å². The highest BCUT2D eigenvalue weighted by Crippen LogP contribution is 2.24. The maximum absolute atomic E-state index is 13.4. The Morgan fingerprint density at radius 3 is 1.93 bits per heavy atom. The van der Waals surface area contributed by atoms with Gasteiger partial charge in [0.1, 0.15) is 6.04 Å². The molecule has 6 nitrogen and oxygen atoms in total. The van der Waals surface area contributed by atoms with Crippen LogP contribution >= 0.6 is 0 Å². The van der Waals surface area contributed by atoms with Crippen molar-refractivity contribution < 1.29 is 23.1 Å². The number of aliphatic carboxylic acids is 1. The summed E-state index contributed by atoms with van der Waals surface area (Å²) in [5.74, 6) is -2.29. The Balaban J connectivity index is 2.13. The van der Waals surface area contributed by atoms with Gasteiger partial charge in [0.25, 0.3) is 15.9 Å². The first kappa shape index (κ1) is 21.3. The van der Waals surface area contributed by atoms with Crippen LogP contribution in [0.5, 0.6) is 0 Å². The molecule has 3 aromatic rings. The molecule has 154 valence electrons. The van der Waals surface area contributed by atoms with E-state index in [0.29, 0.717) is 9.87 Å². The number of sulfonamides is 1. The van der Waals surface area contributed by atoms with Crippen LogP contribution in [-0.4, -0.2) is 35.7 Å². The zero-order chi connectivity index (χ0) is 21.7. The highest BCUT2D eigenvalue weighted by molar-refractivity contribution is 7.89. The van der Waals surface area contributed by atoms with Crippen molar-refractivity contribution in [3.05, 3.63) is 102 Å². The first-order valence-electron chi connectivity index (χ1n) is 9.28. The molecule has 3 aromatic carbocycles. The van der Waals surface area contributed by atoms with E-state index in [1.54, 1.807) is 67.6 Å². The Morgan fingerprint density at radius 1 is 0.867 bits per heavy atom. The summed E-state index contributed by atoms with van der Waals surface area (Å²) in [7, 11) is -4.43. The van der Waals surface area contributed by atoms with Gasteiger partial charge in [0.05, 0.1) is 4.90 Å². The van der Waals surface area contributed by atoms with Crippen molar-refractivity contribution in [2.75, 3.05) is 0 Å². The molecule has 30 heavy (non-hydrogen) atoms. The highest BCUT2D eigenvalue weighted by atomic mass is 32.2. The van der Waals surface area contributed by atoms with Gasteiger partial charge in [-0.1, -0.05) is 66.2 Å². The monoisotopic (exact) mass is 423 g/mol. The molecule has 1 atom stereocenters. The Labute approximate surface area is 175 Å². The van der Waals surface area contributed by atoms with Crippen LogP contribution in [0.25, 0.3) is 0 Å². The number of amides is 1. The standard InChI is InChI=1S/C23H21NO5S/c1-17-12-14-20(15-13-17)30(28,29)24(22(25)19-10-6-3-7-11-19)21(23(26)27)16-18-8-4-2-5-9-18/h2-15,21H,16H2,1H3,(H,26,27)/t21-/m0/s1. The summed E-state index contributed by atoms with van der Waals surface area (Å²) >= 11 is 0. The van der Waals surface area contributed by atoms with Crippen LogP contribution in [0.1, 0.15) is 21.5 Å². The number of carboxylic acids is 1. The van der Waals surface area contributed by atoms with Crippen molar-refractivity contribution in [3.63, 3.8) is 0 Å². The Kier molecular flexibility index (Phi) is 6.32. The fraction of sp³-hybridized carbons (Fsp3) is 0.130. The number of carbonyl (C=O) groups excluding carboxylic acids is 1. The second-order valence-electron chi connectivity index (χ2n) is 6.83. The van der Waals surface area contributed by atoms with Gasteiger partial charge in [-0.25, -0.2) is 17.5 Å². The average molecular weight is 423 g/mol. The normalized spacial score (nSPS) is 12.2. The van der Waals surface area contributed by atoms with Crippen LogP contribution in [-0.2, 0) is 21.2 Å². The summed E-state index contributed by atoms with van der Waals surface area (Å²) in [5.41, 5.74) is 1.54. The van der Waals surface area contributed by atoms with Gasteiger partial charge in [-0.2, -0.15) is 0 Å². The third-order valence-corrected chi connectivity index (χ3v) is 6.44. The number of rotatable bonds is 7. The predicted octanol–water partition coefficient (Wildman–Crippen LogP) is 3.52. The molecule has 0 radical (unpaired) electrons. The molecule has 0 bridgehead atoms. The molecule has 0 aliphatic heterocycles. The lowest BCUT2D eigenvalue weighted by molar-refractivity contribution is -0.140. The molecule has 0 aliphatic rings. The number of benzene rings is 3. The molecule has 3 rings (SSSR count). The number of nitrogens with zero attached hydrogens (tertiary/aromatic N) is 1. The fourth-order valence-electron chi connectivity index (χ4n) is 3.06. The molecule has 7 heteroatoms. The molecular formula is C23H21NO5S. The van der Waals surface area contributed by atoms with Gasteiger partial charge < -0.3 is 5.11 Å².